The summed E-state index contributed by atoms with van der Waals surface area (Å²) in [5.74, 6) is 0. The van der Waals surface area contributed by atoms with Gasteiger partial charge in [-0.2, -0.15) is 0 Å². The molecule has 2 heterocycles. The molecule has 0 amide bonds. The zero-order valence-corrected chi connectivity index (χ0v) is 9.10. The highest BCUT2D eigenvalue weighted by molar-refractivity contribution is 9.08. The Morgan fingerprint density at radius 1 is 1.50 bits per heavy atom. The number of hydrogen-bond donors (Lipinski definition) is 0. The first-order valence-electron chi connectivity index (χ1n) is 4.02. The van der Waals surface area contributed by atoms with Gasteiger partial charge in [0, 0.05) is 11.5 Å². The van der Waals surface area contributed by atoms with Gasteiger partial charge >= 0.3 is 0 Å². The van der Waals surface area contributed by atoms with Gasteiger partial charge in [-0.3, -0.25) is 0 Å². The van der Waals surface area contributed by atoms with E-state index in [1.165, 1.54) is 0 Å². The van der Waals surface area contributed by atoms with Crippen molar-refractivity contribution in [1.82, 2.24) is 25.3 Å². The van der Waals surface area contributed by atoms with Crippen LogP contribution >= 0.6 is 15.9 Å². The summed E-state index contributed by atoms with van der Waals surface area (Å²) >= 11 is 3.30. The van der Waals surface area contributed by atoms with Crippen molar-refractivity contribution in [2.24, 2.45) is 0 Å². The highest BCUT2D eigenvalue weighted by Crippen LogP contribution is 2.04. The second-order valence-electron chi connectivity index (χ2n) is 2.84. The van der Waals surface area contributed by atoms with Crippen LogP contribution in [0.15, 0.2) is 10.8 Å². The Labute approximate surface area is 88.4 Å². The normalized spacial score (nSPS) is 10.7. The van der Waals surface area contributed by atoms with E-state index in [1.54, 1.807) is 4.68 Å². The van der Waals surface area contributed by atoms with Crippen LogP contribution in [-0.2, 0) is 11.9 Å². The molecular formula is C7H8BrN5O. The summed E-state index contributed by atoms with van der Waals surface area (Å²) in [5.41, 5.74) is 2.44. The van der Waals surface area contributed by atoms with E-state index in [-0.39, 0.29) is 0 Å². The summed E-state index contributed by atoms with van der Waals surface area (Å²) in [6.07, 6.45) is 1.85. The molecule has 0 N–H and O–H groups in total. The highest BCUT2D eigenvalue weighted by Gasteiger charge is 2.07. The molecule has 0 spiro atoms. The summed E-state index contributed by atoms with van der Waals surface area (Å²) in [6.45, 7) is 2.38. The lowest BCUT2D eigenvalue weighted by Gasteiger charge is -1.94. The molecule has 0 aromatic carbocycles. The fourth-order valence-corrected chi connectivity index (χ4v) is 1.28. The van der Waals surface area contributed by atoms with Gasteiger partial charge in [-0.1, -0.05) is 31.5 Å². The molecule has 0 fully saturated rings. The van der Waals surface area contributed by atoms with Gasteiger partial charge in [-0.05, 0) is 6.92 Å². The van der Waals surface area contributed by atoms with E-state index in [9.17, 15) is 0 Å². The standard InChI is InChI=1S/C7H8BrN5O/c1-5-7(11-14-10-5)4-13-3-6(2-8)9-12-13/h3H,2,4H2,1H3. The van der Waals surface area contributed by atoms with Crippen molar-refractivity contribution in [3.8, 4) is 0 Å². The van der Waals surface area contributed by atoms with Gasteiger partial charge in [-0.15, -0.1) is 5.10 Å². The number of hydrogen-bond acceptors (Lipinski definition) is 5. The van der Waals surface area contributed by atoms with Gasteiger partial charge in [-0.25, -0.2) is 9.31 Å². The fourth-order valence-electron chi connectivity index (χ4n) is 1.02. The zero-order valence-electron chi connectivity index (χ0n) is 7.51. The third-order valence-electron chi connectivity index (χ3n) is 1.78. The third-order valence-corrected chi connectivity index (χ3v) is 2.36. The minimum atomic E-state index is 0.537. The second-order valence-corrected chi connectivity index (χ2v) is 3.40. The van der Waals surface area contributed by atoms with E-state index in [2.05, 4.69) is 41.2 Å². The highest BCUT2D eigenvalue weighted by atomic mass is 79.9. The maximum atomic E-state index is 4.58. The van der Waals surface area contributed by atoms with E-state index < -0.39 is 0 Å². The van der Waals surface area contributed by atoms with Gasteiger partial charge in [0.1, 0.15) is 11.4 Å². The van der Waals surface area contributed by atoms with Crippen LogP contribution in [0.25, 0.3) is 0 Å². The molecule has 74 valence electrons. The average molecular weight is 258 g/mol. The smallest absolute Gasteiger partial charge is 0.129 e. The monoisotopic (exact) mass is 257 g/mol. The molecule has 0 bridgehead atoms. The van der Waals surface area contributed by atoms with Crippen molar-refractivity contribution in [3.05, 3.63) is 23.3 Å². The molecule has 0 radical (unpaired) electrons. The van der Waals surface area contributed by atoms with Crippen molar-refractivity contribution < 1.29 is 4.63 Å². The number of nitrogens with zero attached hydrogens (tertiary/aromatic N) is 5. The molecule has 2 rings (SSSR count). The van der Waals surface area contributed by atoms with Crippen molar-refractivity contribution in [1.29, 1.82) is 0 Å². The van der Waals surface area contributed by atoms with Crippen molar-refractivity contribution in [3.63, 3.8) is 0 Å². The molecule has 2 aromatic heterocycles. The van der Waals surface area contributed by atoms with Crippen LogP contribution in [-0.4, -0.2) is 25.3 Å². The van der Waals surface area contributed by atoms with Gasteiger partial charge in [0.15, 0.2) is 0 Å². The minimum absolute atomic E-state index is 0.537. The first-order chi connectivity index (χ1) is 6.79. The first kappa shape index (κ1) is 9.32. The van der Waals surface area contributed by atoms with Crippen molar-refractivity contribution >= 4 is 15.9 Å². The number of halogens is 1. The Morgan fingerprint density at radius 2 is 2.36 bits per heavy atom. The maximum Gasteiger partial charge on any atom is 0.129 e. The molecule has 6 nitrogen and oxygen atoms in total. The molecule has 0 aliphatic carbocycles. The first-order valence-corrected chi connectivity index (χ1v) is 5.14. The molecule has 0 aliphatic rings. The van der Waals surface area contributed by atoms with Gasteiger partial charge in [0.2, 0.25) is 0 Å². The Kier molecular flexibility index (Phi) is 2.58. The predicted molar refractivity (Wildman–Crippen MR) is 50.8 cm³/mol. The van der Waals surface area contributed by atoms with E-state index in [0.717, 1.165) is 17.1 Å². The predicted octanol–water partition coefficient (Wildman–Crippen LogP) is 0.913. The van der Waals surface area contributed by atoms with E-state index in [0.29, 0.717) is 11.9 Å². The van der Waals surface area contributed by atoms with E-state index in [4.69, 9.17) is 0 Å². The number of aromatic nitrogens is 5. The van der Waals surface area contributed by atoms with Gasteiger partial charge in [0.25, 0.3) is 0 Å². The number of aryl methyl sites for hydroxylation is 1. The van der Waals surface area contributed by atoms with Gasteiger partial charge < -0.3 is 0 Å². The summed E-state index contributed by atoms with van der Waals surface area (Å²) in [7, 11) is 0. The number of alkyl halides is 1. The van der Waals surface area contributed by atoms with Crippen LogP contribution in [0, 0.1) is 6.92 Å². The third kappa shape index (κ3) is 1.82. The van der Waals surface area contributed by atoms with Crippen LogP contribution in [0.3, 0.4) is 0 Å². The molecular weight excluding hydrogens is 250 g/mol. The van der Waals surface area contributed by atoms with Crippen molar-refractivity contribution in [2.45, 2.75) is 18.8 Å². The summed E-state index contributed by atoms with van der Waals surface area (Å²) in [5, 5.41) is 16.0. The Bertz CT molecular complexity index is 423. The van der Waals surface area contributed by atoms with Crippen LogP contribution in [0.5, 0.6) is 0 Å². The minimum Gasteiger partial charge on any atom is -0.246 e. The largest absolute Gasteiger partial charge is 0.246 e. The summed E-state index contributed by atoms with van der Waals surface area (Å²) in [6, 6.07) is 0. The average Bonchev–Trinajstić information content (AvgIpc) is 2.77. The Hall–Kier alpha value is -1.24. The molecule has 0 saturated carbocycles. The SMILES string of the molecule is Cc1nonc1Cn1cc(CBr)nn1. The van der Waals surface area contributed by atoms with Crippen LogP contribution in [0.4, 0.5) is 0 Å². The van der Waals surface area contributed by atoms with Crippen LogP contribution in [0.1, 0.15) is 17.1 Å². The Morgan fingerprint density at radius 3 is 2.93 bits per heavy atom. The molecule has 7 heteroatoms. The lowest BCUT2D eigenvalue weighted by atomic mass is 10.3. The molecule has 0 saturated heterocycles. The zero-order chi connectivity index (χ0) is 9.97. The topological polar surface area (TPSA) is 69.6 Å². The molecule has 2 aromatic rings. The quantitative estimate of drug-likeness (QED) is 0.765. The molecule has 0 unspecified atom stereocenters. The van der Waals surface area contributed by atoms with Gasteiger partial charge in [0.05, 0.1) is 12.2 Å². The summed E-state index contributed by atoms with van der Waals surface area (Å²) in [4.78, 5) is 0. The van der Waals surface area contributed by atoms with Crippen LogP contribution < -0.4 is 0 Å². The fraction of sp³-hybridized carbons (Fsp3) is 0.429. The maximum absolute atomic E-state index is 4.58. The lowest BCUT2D eigenvalue weighted by Crippen LogP contribution is -2.02. The van der Waals surface area contributed by atoms with E-state index >= 15 is 0 Å². The van der Waals surface area contributed by atoms with Crippen LogP contribution in [0.2, 0.25) is 0 Å². The molecule has 0 aliphatic heterocycles. The lowest BCUT2D eigenvalue weighted by molar-refractivity contribution is 0.300. The summed E-state index contributed by atoms with van der Waals surface area (Å²) < 4.78 is 6.28. The Balaban J connectivity index is 2.15. The molecule has 0 atom stereocenters. The molecule has 14 heavy (non-hydrogen) atoms. The van der Waals surface area contributed by atoms with Crippen molar-refractivity contribution in [2.75, 3.05) is 0 Å². The second kappa shape index (κ2) is 3.87. The van der Waals surface area contributed by atoms with E-state index in [1.807, 2.05) is 13.1 Å². The number of rotatable bonds is 3.